The Kier molecular flexibility index (Phi) is 6.31. The molecule has 106 valence electrons. The number of carbonyl (C=O) groups excluding carboxylic acids is 1. The highest BCUT2D eigenvalue weighted by atomic mass is 79.9. The fraction of sp³-hybridized carbons (Fsp3) is 0.500. The molecule has 0 saturated carbocycles. The van der Waals surface area contributed by atoms with Crippen LogP contribution in [0.3, 0.4) is 0 Å². The molecule has 4 nitrogen and oxygen atoms in total. The van der Waals surface area contributed by atoms with Crippen molar-refractivity contribution in [1.82, 2.24) is 10.2 Å². The molecule has 0 aromatic heterocycles. The van der Waals surface area contributed by atoms with Gasteiger partial charge in [-0.3, -0.25) is 4.79 Å². The predicted molar refractivity (Wildman–Crippen MR) is 80.9 cm³/mol. The molecular weight excluding hydrogens is 308 g/mol. The third kappa shape index (κ3) is 4.51. The van der Waals surface area contributed by atoms with Crippen LogP contribution in [0.2, 0.25) is 0 Å². The number of hydrogen-bond donors (Lipinski definition) is 1. The van der Waals surface area contributed by atoms with Crippen LogP contribution in [0, 0.1) is 6.92 Å². The first-order valence-electron chi connectivity index (χ1n) is 6.32. The van der Waals surface area contributed by atoms with Gasteiger partial charge in [0, 0.05) is 23.1 Å². The summed E-state index contributed by atoms with van der Waals surface area (Å²) >= 11 is 3.43. The van der Waals surface area contributed by atoms with Crippen LogP contribution in [0.1, 0.15) is 22.8 Å². The summed E-state index contributed by atoms with van der Waals surface area (Å²) in [4.78, 5) is 14.2. The minimum absolute atomic E-state index is 0.0761. The zero-order valence-corrected chi connectivity index (χ0v) is 13.5. The third-order valence-corrected chi connectivity index (χ3v) is 3.40. The summed E-state index contributed by atoms with van der Waals surface area (Å²) in [7, 11) is 3.95. The van der Waals surface area contributed by atoms with Gasteiger partial charge in [-0.2, -0.15) is 0 Å². The minimum Gasteiger partial charge on any atom is -0.494 e. The van der Waals surface area contributed by atoms with E-state index < -0.39 is 0 Å². The van der Waals surface area contributed by atoms with Crippen LogP contribution in [0.4, 0.5) is 0 Å². The fourth-order valence-corrected chi connectivity index (χ4v) is 2.34. The van der Waals surface area contributed by atoms with Crippen molar-refractivity contribution in [2.24, 2.45) is 0 Å². The molecule has 1 aromatic carbocycles. The molecule has 0 aliphatic heterocycles. The normalized spacial score (nSPS) is 10.6. The van der Waals surface area contributed by atoms with E-state index in [9.17, 15) is 4.79 Å². The van der Waals surface area contributed by atoms with Gasteiger partial charge in [-0.25, -0.2) is 0 Å². The van der Waals surface area contributed by atoms with Crippen molar-refractivity contribution in [3.05, 3.63) is 27.7 Å². The summed E-state index contributed by atoms with van der Waals surface area (Å²) < 4.78 is 6.30. The lowest BCUT2D eigenvalue weighted by molar-refractivity contribution is 0.0949. The van der Waals surface area contributed by atoms with Crippen LogP contribution in [0.5, 0.6) is 5.75 Å². The lowest BCUT2D eigenvalue weighted by Crippen LogP contribution is -2.32. The number of nitrogens with zero attached hydrogens (tertiary/aromatic N) is 1. The smallest absolute Gasteiger partial charge is 0.252 e. The molecule has 0 spiro atoms. The Labute approximate surface area is 123 Å². The number of amides is 1. The Morgan fingerprint density at radius 3 is 2.68 bits per heavy atom. The first-order valence-corrected chi connectivity index (χ1v) is 7.11. The van der Waals surface area contributed by atoms with E-state index in [0.29, 0.717) is 18.7 Å². The molecule has 0 fully saturated rings. The number of hydrogen-bond acceptors (Lipinski definition) is 3. The highest BCUT2D eigenvalue weighted by Gasteiger charge is 2.16. The van der Waals surface area contributed by atoms with E-state index in [0.717, 1.165) is 22.3 Å². The molecule has 0 aliphatic rings. The molecule has 5 heteroatoms. The largest absolute Gasteiger partial charge is 0.494 e. The van der Waals surface area contributed by atoms with Gasteiger partial charge in [-0.1, -0.05) is 0 Å². The summed E-state index contributed by atoms with van der Waals surface area (Å²) in [5.74, 6) is 0.677. The molecule has 1 N–H and O–H groups in total. The second-order valence-corrected chi connectivity index (χ2v) is 5.39. The van der Waals surface area contributed by atoms with Gasteiger partial charge in [0.2, 0.25) is 0 Å². The van der Waals surface area contributed by atoms with Crippen LogP contribution in [-0.2, 0) is 0 Å². The Hall–Kier alpha value is -1.07. The molecule has 19 heavy (non-hydrogen) atoms. The summed E-state index contributed by atoms with van der Waals surface area (Å²) in [5, 5.41) is 2.92. The third-order valence-electron chi connectivity index (χ3n) is 2.74. The molecule has 0 heterocycles. The van der Waals surface area contributed by atoms with Gasteiger partial charge in [-0.05, 0) is 56.0 Å². The van der Waals surface area contributed by atoms with E-state index in [1.807, 2.05) is 45.0 Å². The number of rotatable bonds is 6. The number of likely N-dealkylation sites (N-methyl/N-ethyl adjacent to an activating group) is 1. The molecular formula is C14H21BrN2O2. The maximum absolute atomic E-state index is 12.2. The van der Waals surface area contributed by atoms with Gasteiger partial charge in [0.15, 0.2) is 0 Å². The maximum Gasteiger partial charge on any atom is 0.252 e. The summed E-state index contributed by atoms with van der Waals surface area (Å²) in [6.45, 7) is 5.85. The van der Waals surface area contributed by atoms with Crippen LogP contribution in [0.15, 0.2) is 16.6 Å². The maximum atomic E-state index is 12.2. The van der Waals surface area contributed by atoms with Gasteiger partial charge in [-0.15, -0.1) is 0 Å². The van der Waals surface area contributed by atoms with Crippen molar-refractivity contribution < 1.29 is 9.53 Å². The molecule has 1 rings (SSSR count). The molecule has 0 atom stereocenters. The SMILES string of the molecule is CCOc1ccc(Br)c(C(=O)NCCN(C)C)c1C. The van der Waals surface area contributed by atoms with Crippen molar-refractivity contribution in [1.29, 1.82) is 0 Å². The Morgan fingerprint density at radius 1 is 1.42 bits per heavy atom. The minimum atomic E-state index is -0.0761. The first kappa shape index (κ1) is 16.0. The van der Waals surface area contributed by atoms with Gasteiger partial charge < -0.3 is 15.0 Å². The average Bonchev–Trinajstić information content (AvgIpc) is 2.32. The van der Waals surface area contributed by atoms with Gasteiger partial charge in [0.1, 0.15) is 5.75 Å². The highest BCUT2D eigenvalue weighted by Crippen LogP contribution is 2.28. The molecule has 1 amide bonds. The monoisotopic (exact) mass is 328 g/mol. The number of carbonyl (C=O) groups is 1. The molecule has 0 bridgehead atoms. The van der Waals surface area contributed by atoms with E-state index in [1.165, 1.54) is 0 Å². The highest BCUT2D eigenvalue weighted by molar-refractivity contribution is 9.10. The standard InChI is InChI=1S/C14H21BrN2O2/c1-5-19-12-7-6-11(15)13(10(12)2)14(18)16-8-9-17(3)4/h6-7H,5,8-9H2,1-4H3,(H,16,18). The zero-order valence-electron chi connectivity index (χ0n) is 11.9. The Balaban J connectivity index is 2.86. The molecule has 0 unspecified atom stereocenters. The lowest BCUT2D eigenvalue weighted by atomic mass is 10.1. The van der Waals surface area contributed by atoms with Gasteiger partial charge >= 0.3 is 0 Å². The number of halogens is 1. The number of ether oxygens (including phenoxy) is 1. The van der Waals surface area contributed by atoms with Crippen LogP contribution in [0.25, 0.3) is 0 Å². The Bertz CT molecular complexity index is 447. The second kappa shape index (κ2) is 7.50. The predicted octanol–water partition coefficient (Wildman–Crippen LogP) is 2.45. The number of nitrogens with one attached hydrogen (secondary N) is 1. The van der Waals surface area contributed by atoms with Crippen LogP contribution >= 0.6 is 15.9 Å². The van der Waals surface area contributed by atoms with E-state index in [4.69, 9.17) is 4.74 Å². The molecule has 0 saturated heterocycles. The summed E-state index contributed by atoms with van der Waals surface area (Å²) in [5.41, 5.74) is 1.50. The van der Waals surface area contributed by atoms with E-state index in [-0.39, 0.29) is 5.91 Å². The molecule has 0 radical (unpaired) electrons. The van der Waals surface area contributed by atoms with Crippen molar-refractivity contribution in [3.63, 3.8) is 0 Å². The van der Waals surface area contributed by atoms with E-state index in [2.05, 4.69) is 21.2 Å². The van der Waals surface area contributed by atoms with E-state index >= 15 is 0 Å². The quantitative estimate of drug-likeness (QED) is 0.872. The second-order valence-electron chi connectivity index (χ2n) is 4.54. The van der Waals surface area contributed by atoms with Gasteiger partial charge in [0.25, 0.3) is 5.91 Å². The first-order chi connectivity index (χ1) is 8.97. The zero-order chi connectivity index (χ0) is 14.4. The summed E-state index contributed by atoms with van der Waals surface area (Å²) in [6, 6.07) is 3.72. The van der Waals surface area contributed by atoms with Crippen molar-refractivity contribution in [3.8, 4) is 5.75 Å². The lowest BCUT2D eigenvalue weighted by Gasteiger charge is -2.15. The topological polar surface area (TPSA) is 41.6 Å². The Morgan fingerprint density at radius 2 is 2.11 bits per heavy atom. The van der Waals surface area contributed by atoms with Crippen LogP contribution in [-0.4, -0.2) is 44.6 Å². The van der Waals surface area contributed by atoms with Crippen molar-refractivity contribution >= 4 is 21.8 Å². The molecule has 0 aliphatic carbocycles. The fourth-order valence-electron chi connectivity index (χ4n) is 1.73. The van der Waals surface area contributed by atoms with Crippen molar-refractivity contribution in [2.75, 3.05) is 33.8 Å². The van der Waals surface area contributed by atoms with E-state index in [1.54, 1.807) is 0 Å². The average molecular weight is 329 g/mol. The summed E-state index contributed by atoms with van der Waals surface area (Å²) in [6.07, 6.45) is 0. The molecule has 1 aromatic rings. The number of benzene rings is 1. The van der Waals surface area contributed by atoms with Crippen molar-refractivity contribution in [2.45, 2.75) is 13.8 Å². The van der Waals surface area contributed by atoms with Crippen LogP contribution < -0.4 is 10.1 Å². The van der Waals surface area contributed by atoms with Gasteiger partial charge in [0.05, 0.1) is 12.2 Å².